The van der Waals surface area contributed by atoms with Crippen molar-refractivity contribution >= 4 is 36.5 Å². The van der Waals surface area contributed by atoms with E-state index >= 15 is 0 Å². The van der Waals surface area contributed by atoms with Gasteiger partial charge in [0.15, 0.2) is 0 Å². The van der Waals surface area contributed by atoms with E-state index < -0.39 is 0 Å². The highest BCUT2D eigenvalue weighted by molar-refractivity contribution is 5.79. The summed E-state index contributed by atoms with van der Waals surface area (Å²) in [5.41, 5.74) is 5.56. The van der Waals surface area contributed by atoms with Crippen molar-refractivity contribution in [3.05, 3.63) is 105 Å². The predicted octanol–water partition coefficient (Wildman–Crippen LogP) is 15.5. The van der Waals surface area contributed by atoms with Gasteiger partial charge in [-0.25, -0.2) is 0 Å². The summed E-state index contributed by atoms with van der Waals surface area (Å²) in [4.78, 5) is 0. The Bertz CT molecular complexity index is 1800. The molecule has 0 aliphatic rings. The van der Waals surface area contributed by atoms with Gasteiger partial charge in [0.05, 0.1) is 13.2 Å². The molecule has 0 aliphatic carbocycles. The first-order valence-electron chi connectivity index (χ1n) is 22.6. The first-order valence-corrected chi connectivity index (χ1v) is 22.6. The van der Waals surface area contributed by atoms with Gasteiger partial charge >= 0.3 is 0 Å². The number of allylic oxidation sites excluding steroid dienone is 2. The van der Waals surface area contributed by atoms with E-state index in [-0.39, 0.29) is 11.1 Å². The highest BCUT2D eigenvalue weighted by atomic mass is 16.5. The van der Waals surface area contributed by atoms with E-state index in [0.29, 0.717) is 13.2 Å². The van der Waals surface area contributed by atoms with E-state index in [9.17, 15) is 0 Å². The Labute approximate surface area is 362 Å². The van der Waals surface area contributed by atoms with E-state index in [1.54, 1.807) is 12.2 Å². The molecule has 0 N–H and O–H groups in total. The lowest BCUT2D eigenvalue weighted by atomic mass is 10.0. The van der Waals surface area contributed by atoms with Crippen LogP contribution in [0, 0.1) is 45.3 Å². The normalized spacial score (nSPS) is 10.8. The summed E-state index contributed by atoms with van der Waals surface area (Å²) in [5, 5.41) is 36.7. The molecule has 0 bridgehead atoms. The van der Waals surface area contributed by atoms with Gasteiger partial charge in [0.2, 0.25) is 0 Å². The molecule has 3 rings (SSSR count). The van der Waals surface area contributed by atoms with Gasteiger partial charge in [-0.2, -0.15) is 21.0 Å². The van der Waals surface area contributed by atoms with Crippen molar-refractivity contribution in [1.82, 2.24) is 0 Å². The van der Waals surface area contributed by atoms with Crippen LogP contribution in [0.3, 0.4) is 0 Å². The van der Waals surface area contributed by atoms with Gasteiger partial charge in [-0.3, -0.25) is 0 Å². The minimum Gasteiger partial charge on any atom is -0.493 e. The molecule has 0 aliphatic heterocycles. The lowest BCUT2D eigenvalue weighted by Crippen LogP contribution is -2.03. The third-order valence-electron chi connectivity index (χ3n) is 10.5. The zero-order valence-electron chi connectivity index (χ0n) is 36.4. The average Bonchev–Trinajstić information content (AvgIpc) is 3.28. The molecular weight excluding hydrogens is 737 g/mol. The van der Waals surface area contributed by atoms with Crippen LogP contribution in [0.15, 0.2) is 71.8 Å². The second-order valence-electron chi connectivity index (χ2n) is 15.6. The molecule has 0 unspecified atom stereocenters. The lowest BCUT2D eigenvalue weighted by molar-refractivity contribution is 0.295. The summed E-state index contributed by atoms with van der Waals surface area (Å²) in [6.45, 7) is 5.78. The molecule has 0 fully saturated rings. The first kappa shape index (κ1) is 48.5. The van der Waals surface area contributed by atoms with E-state index in [0.717, 1.165) is 70.6 Å². The fourth-order valence-corrected chi connectivity index (χ4v) is 6.94. The van der Waals surface area contributed by atoms with Crippen LogP contribution in [0.1, 0.15) is 176 Å². The van der Waals surface area contributed by atoms with Gasteiger partial charge < -0.3 is 9.47 Å². The summed E-state index contributed by atoms with van der Waals surface area (Å²) >= 11 is 0. The number of rotatable bonds is 30. The Hall–Kier alpha value is -5.82. The van der Waals surface area contributed by atoms with Gasteiger partial charge in [0.25, 0.3) is 0 Å². The lowest BCUT2D eigenvalue weighted by Gasteiger charge is -2.16. The maximum absolute atomic E-state index is 9.17. The van der Waals surface area contributed by atoms with E-state index in [1.165, 1.54) is 103 Å². The summed E-state index contributed by atoms with van der Waals surface area (Å²) in [6, 6.07) is 27.4. The summed E-state index contributed by atoms with van der Waals surface area (Å²) in [5.74, 6) is 1.59. The van der Waals surface area contributed by atoms with Crippen LogP contribution in [0.25, 0.3) is 36.5 Å². The molecular formula is C54H66N4O2. The molecule has 6 nitrogen and oxygen atoms in total. The fourth-order valence-electron chi connectivity index (χ4n) is 6.94. The molecule has 0 spiro atoms. The monoisotopic (exact) mass is 803 g/mol. The Morgan fingerprint density at radius 2 is 0.683 bits per heavy atom. The molecule has 3 aromatic carbocycles. The van der Waals surface area contributed by atoms with Crippen molar-refractivity contribution in [2.45, 2.75) is 142 Å². The quantitative estimate of drug-likeness (QED) is 0.0377. The number of ether oxygens (including phenoxy) is 2. The maximum Gasteiger partial charge on any atom is 0.130 e. The molecule has 6 heteroatoms. The van der Waals surface area contributed by atoms with E-state index in [2.05, 4.69) is 38.1 Å². The average molecular weight is 803 g/mol. The van der Waals surface area contributed by atoms with Crippen molar-refractivity contribution in [2.24, 2.45) is 0 Å². The molecule has 0 heterocycles. The van der Waals surface area contributed by atoms with Crippen LogP contribution in [-0.2, 0) is 0 Å². The van der Waals surface area contributed by atoms with Crippen molar-refractivity contribution in [3.8, 4) is 35.8 Å². The maximum atomic E-state index is 9.17. The van der Waals surface area contributed by atoms with Crippen molar-refractivity contribution in [1.29, 1.82) is 21.0 Å². The molecule has 0 amide bonds. The standard InChI is InChI=1S/C54H66N4O2/c1-3-5-7-9-11-13-15-17-19-21-35-59-53-39-52(34-32-46-25-29-48(30-26-46)38-50(43-57)44-58)54(60-36-22-20-18-16-14-12-10-8-6-4-2)40-51(53)33-31-45-23-27-47(28-24-45)37-49(41-55)42-56/h23-34,37-40H,3-22,35-36H2,1-2H3/b33-31+,34-32+. The van der Waals surface area contributed by atoms with Crippen LogP contribution < -0.4 is 9.47 Å². The number of unbranched alkanes of at least 4 members (excludes halogenated alkanes) is 18. The number of nitriles is 4. The number of benzene rings is 3. The number of hydrogen-bond acceptors (Lipinski definition) is 6. The molecule has 0 saturated heterocycles. The van der Waals surface area contributed by atoms with Crippen LogP contribution in [0.4, 0.5) is 0 Å². The largest absolute Gasteiger partial charge is 0.493 e. The Balaban J connectivity index is 1.83. The molecule has 0 saturated carbocycles. The Morgan fingerprint density at radius 3 is 0.983 bits per heavy atom. The summed E-state index contributed by atoms with van der Waals surface area (Å²) in [7, 11) is 0. The summed E-state index contributed by atoms with van der Waals surface area (Å²) < 4.78 is 13.1. The topological polar surface area (TPSA) is 114 Å². The minimum atomic E-state index is 0.0703. The van der Waals surface area contributed by atoms with Gasteiger partial charge in [0, 0.05) is 11.1 Å². The highest BCUT2D eigenvalue weighted by Gasteiger charge is 2.11. The minimum absolute atomic E-state index is 0.0703. The number of hydrogen-bond donors (Lipinski definition) is 0. The van der Waals surface area contributed by atoms with Gasteiger partial charge in [-0.1, -0.05) is 202 Å². The van der Waals surface area contributed by atoms with Crippen molar-refractivity contribution in [3.63, 3.8) is 0 Å². The van der Waals surface area contributed by atoms with Crippen LogP contribution in [0.2, 0.25) is 0 Å². The van der Waals surface area contributed by atoms with Gasteiger partial charge in [-0.15, -0.1) is 0 Å². The van der Waals surface area contributed by atoms with Gasteiger partial charge in [-0.05, 0) is 59.4 Å². The van der Waals surface area contributed by atoms with E-state index in [4.69, 9.17) is 30.5 Å². The van der Waals surface area contributed by atoms with Gasteiger partial charge in [0.1, 0.15) is 46.9 Å². The predicted molar refractivity (Wildman–Crippen MR) is 250 cm³/mol. The van der Waals surface area contributed by atoms with Crippen LogP contribution >= 0.6 is 0 Å². The molecule has 60 heavy (non-hydrogen) atoms. The Morgan fingerprint density at radius 1 is 0.400 bits per heavy atom. The molecule has 0 atom stereocenters. The molecule has 3 aromatic rings. The van der Waals surface area contributed by atoms with Crippen molar-refractivity contribution < 1.29 is 9.47 Å². The fraction of sp³-hybridized carbons (Fsp3) is 0.444. The first-order chi connectivity index (χ1) is 29.5. The third kappa shape index (κ3) is 20.2. The molecule has 0 aromatic heterocycles. The zero-order chi connectivity index (χ0) is 42.9. The number of nitrogens with zero attached hydrogens (tertiary/aromatic N) is 4. The highest BCUT2D eigenvalue weighted by Crippen LogP contribution is 2.33. The second-order valence-corrected chi connectivity index (χ2v) is 15.6. The smallest absolute Gasteiger partial charge is 0.130 e. The Kier molecular flexibility index (Phi) is 25.2. The van der Waals surface area contributed by atoms with E-state index in [1.807, 2.05) is 85.0 Å². The molecule has 0 radical (unpaired) electrons. The third-order valence-corrected chi connectivity index (χ3v) is 10.5. The van der Waals surface area contributed by atoms with Crippen molar-refractivity contribution in [2.75, 3.05) is 13.2 Å². The zero-order valence-corrected chi connectivity index (χ0v) is 36.4. The van der Waals surface area contributed by atoms with Crippen LogP contribution in [0.5, 0.6) is 11.5 Å². The summed E-state index contributed by atoms with van der Waals surface area (Å²) in [6.07, 6.45) is 36.6. The second kappa shape index (κ2) is 31.1. The van der Waals surface area contributed by atoms with Crippen LogP contribution in [-0.4, -0.2) is 13.2 Å². The SMILES string of the molecule is CCCCCCCCCCCCOc1cc(/C=C/c2ccc(C=C(C#N)C#N)cc2)c(OCCCCCCCCCCCC)cc1/C=C/c1ccc(C=C(C#N)C#N)cc1. The molecule has 314 valence electrons.